The van der Waals surface area contributed by atoms with E-state index in [0.717, 1.165) is 37.2 Å². The Labute approximate surface area is 115 Å². The van der Waals surface area contributed by atoms with Crippen molar-refractivity contribution in [3.63, 3.8) is 0 Å². The first-order valence-corrected chi connectivity index (χ1v) is 8.68. The number of benzene rings is 1. The molecule has 0 unspecified atom stereocenters. The fourth-order valence-corrected chi connectivity index (χ4v) is 3.24. The highest BCUT2D eigenvalue weighted by atomic mass is 32.2. The van der Waals surface area contributed by atoms with E-state index < -0.39 is 9.84 Å². The number of piperidine rings is 1. The summed E-state index contributed by atoms with van der Waals surface area (Å²) in [6.45, 7) is 4.31. The summed E-state index contributed by atoms with van der Waals surface area (Å²) in [5.41, 5.74) is 2.02. The summed E-state index contributed by atoms with van der Waals surface area (Å²) >= 11 is 0. The summed E-state index contributed by atoms with van der Waals surface area (Å²) in [5, 5.41) is 6.91. The van der Waals surface area contributed by atoms with E-state index in [-0.39, 0.29) is 11.3 Å². The second-order valence-corrected chi connectivity index (χ2v) is 7.84. The molecule has 2 rings (SSSR count). The van der Waals surface area contributed by atoms with Crippen LogP contribution in [-0.4, -0.2) is 33.3 Å². The van der Waals surface area contributed by atoms with Crippen LogP contribution in [0.25, 0.3) is 0 Å². The lowest BCUT2D eigenvalue weighted by atomic mass is 9.90. The number of anilines is 1. The highest BCUT2D eigenvalue weighted by molar-refractivity contribution is 7.89. The van der Waals surface area contributed by atoms with Crippen LogP contribution < -0.4 is 10.6 Å². The summed E-state index contributed by atoms with van der Waals surface area (Å²) in [7, 11) is -2.96. The molecule has 0 atom stereocenters. The minimum absolute atomic E-state index is 0.106. The molecule has 2 N–H and O–H groups in total. The summed E-state index contributed by atoms with van der Waals surface area (Å²) in [6, 6.07) is 7.70. The molecular weight excluding hydrogens is 260 g/mol. The van der Waals surface area contributed by atoms with Crippen molar-refractivity contribution in [2.24, 2.45) is 0 Å². The zero-order chi connectivity index (χ0) is 13.9. The zero-order valence-electron chi connectivity index (χ0n) is 11.6. The van der Waals surface area contributed by atoms with Gasteiger partial charge < -0.3 is 10.6 Å². The van der Waals surface area contributed by atoms with Crippen LogP contribution in [0.15, 0.2) is 24.3 Å². The van der Waals surface area contributed by atoms with Crippen LogP contribution in [0.3, 0.4) is 0 Å². The minimum Gasteiger partial charge on any atom is -0.380 e. The van der Waals surface area contributed by atoms with E-state index in [1.165, 1.54) is 6.26 Å². The molecule has 0 saturated carbocycles. The smallest absolute Gasteiger partial charge is 0.151 e. The van der Waals surface area contributed by atoms with Crippen molar-refractivity contribution in [2.75, 3.05) is 24.7 Å². The highest BCUT2D eigenvalue weighted by Gasteiger charge is 2.25. The summed E-state index contributed by atoms with van der Waals surface area (Å²) in [6.07, 6.45) is 3.45. The van der Waals surface area contributed by atoms with Gasteiger partial charge in [0.05, 0.1) is 5.75 Å². The van der Waals surface area contributed by atoms with E-state index in [1.807, 2.05) is 24.3 Å². The lowest BCUT2D eigenvalue weighted by Crippen LogP contribution is -2.45. The van der Waals surface area contributed by atoms with Crippen molar-refractivity contribution < 1.29 is 8.42 Å². The predicted octanol–water partition coefficient (Wildman–Crippen LogP) is 1.79. The van der Waals surface area contributed by atoms with Gasteiger partial charge in [0.1, 0.15) is 0 Å². The van der Waals surface area contributed by atoms with Crippen LogP contribution in [0.2, 0.25) is 0 Å². The fourth-order valence-electron chi connectivity index (χ4n) is 2.44. The largest absolute Gasteiger partial charge is 0.380 e. The Balaban J connectivity index is 2.02. The van der Waals surface area contributed by atoms with Crippen molar-refractivity contribution in [3.05, 3.63) is 29.8 Å². The minimum atomic E-state index is -2.96. The summed E-state index contributed by atoms with van der Waals surface area (Å²) < 4.78 is 22.5. The molecule has 1 aromatic rings. The Morgan fingerprint density at radius 1 is 1.21 bits per heavy atom. The molecule has 19 heavy (non-hydrogen) atoms. The molecule has 0 aromatic heterocycles. The van der Waals surface area contributed by atoms with Crippen molar-refractivity contribution >= 4 is 15.5 Å². The molecule has 4 nitrogen and oxygen atoms in total. The molecule has 1 saturated heterocycles. The van der Waals surface area contributed by atoms with Crippen LogP contribution in [-0.2, 0) is 15.6 Å². The molecule has 0 aliphatic carbocycles. The Kier molecular flexibility index (Phi) is 4.16. The molecule has 1 aliphatic heterocycles. The lowest BCUT2D eigenvalue weighted by molar-refractivity contribution is 0.365. The first kappa shape index (κ1) is 14.3. The van der Waals surface area contributed by atoms with E-state index in [0.29, 0.717) is 0 Å². The monoisotopic (exact) mass is 282 g/mol. The van der Waals surface area contributed by atoms with Crippen molar-refractivity contribution in [2.45, 2.75) is 31.1 Å². The van der Waals surface area contributed by atoms with E-state index in [2.05, 4.69) is 17.6 Å². The number of hydrogen-bond donors (Lipinski definition) is 2. The van der Waals surface area contributed by atoms with Crippen molar-refractivity contribution in [3.8, 4) is 0 Å². The standard InChI is InChI=1S/C14H22N2O2S/c1-14(7-9-15-10-8-14)16-13-5-3-12(4-6-13)11-19(2,17)18/h3-6,15-16H,7-11H2,1-2H3. The molecule has 5 heteroatoms. The van der Waals surface area contributed by atoms with Crippen LogP contribution in [0, 0.1) is 0 Å². The van der Waals surface area contributed by atoms with Gasteiger partial charge in [-0.15, -0.1) is 0 Å². The number of hydrogen-bond acceptors (Lipinski definition) is 4. The molecule has 1 aliphatic rings. The molecule has 1 aromatic carbocycles. The molecule has 1 heterocycles. The second-order valence-electron chi connectivity index (χ2n) is 5.70. The molecular formula is C14H22N2O2S. The van der Waals surface area contributed by atoms with Crippen LogP contribution in [0.4, 0.5) is 5.69 Å². The first-order chi connectivity index (χ1) is 8.86. The van der Waals surface area contributed by atoms with Gasteiger partial charge in [0.25, 0.3) is 0 Å². The number of nitrogens with one attached hydrogen (secondary N) is 2. The molecule has 0 spiro atoms. The third kappa shape index (κ3) is 4.51. The number of rotatable bonds is 4. The van der Waals surface area contributed by atoms with Crippen molar-refractivity contribution in [1.29, 1.82) is 0 Å². The van der Waals surface area contributed by atoms with Gasteiger partial charge >= 0.3 is 0 Å². The van der Waals surface area contributed by atoms with Gasteiger partial charge in [-0.25, -0.2) is 8.42 Å². The quantitative estimate of drug-likeness (QED) is 0.884. The van der Waals surface area contributed by atoms with Gasteiger partial charge in [0.2, 0.25) is 0 Å². The Hall–Kier alpha value is -1.07. The maximum atomic E-state index is 11.2. The average Bonchev–Trinajstić information content (AvgIpc) is 2.30. The van der Waals surface area contributed by atoms with Gasteiger partial charge in [-0.1, -0.05) is 12.1 Å². The third-order valence-electron chi connectivity index (χ3n) is 3.54. The van der Waals surface area contributed by atoms with Crippen molar-refractivity contribution in [1.82, 2.24) is 5.32 Å². The Morgan fingerprint density at radius 3 is 2.32 bits per heavy atom. The SMILES string of the molecule is CC1(Nc2ccc(CS(C)(=O)=O)cc2)CCNCC1. The van der Waals surface area contributed by atoms with E-state index in [4.69, 9.17) is 0 Å². The Morgan fingerprint density at radius 2 is 1.79 bits per heavy atom. The van der Waals surface area contributed by atoms with Crippen LogP contribution in [0.5, 0.6) is 0 Å². The summed E-state index contributed by atoms with van der Waals surface area (Å²) in [4.78, 5) is 0. The van der Waals surface area contributed by atoms with Gasteiger partial charge in [0.15, 0.2) is 9.84 Å². The van der Waals surface area contributed by atoms with Gasteiger partial charge in [0, 0.05) is 17.5 Å². The molecule has 0 bridgehead atoms. The van der Waals surface area contributed by atoms with E-state index in [9.17, 15) is 8.42 Å². The maximum absolute atomic E-state index is 11.2. The van der Waals surface area contributed by atoms with E-state index in [1.54, 1.807) is 0 Å². The highest BCUT2D eigenvalue weighted by Crippen LogP contribution is 2.24. The Bertz CT molecular complexity index is 517. The predicted molar refractivity (Wildman–Crippen MR) is 79.1 cm³/mol. The van der Waals surface area contributed by atoms with Crippen LogP contribution in [0.1, 0.15) is 25.3 Å². The topological polar surface area (TPSA) is 58.2 Å². The van der Waals surface area contributed by atoms with Gasteiger partial charge in [-0.2, -0.15) is 0 Å². The zero-order valence-corrected chi connectivity index (χ0v) is 12.4. The van der Waals surface area contributed by atoms with Crippen LogP contribution >= 0.6 is 0 Å². The molecule has 0 amide bonds. The lowest BCUT2D eigenvalue weighted by Gasteiger charge is -2.36. The maximum Gasteiger partial charge on any atom is 0.151 e. The fraction of sp³-hybridized carbons (Fsp3) is 0.571. The molecule has 106 valence electrons. The first-order valence-electron chi connectivity index (χ1n) is 6.62. The second kappa shape index (κ2) is 5.51. The van der Waals surface area contributed by atoms with Gasteiger partial charge in [-0.3, -0.25) is 0 Å². The summed E-state index contributed by atoms with van der Waals surface area (Å²) in [5.74, 6) is 0.106. The third-order valence-corrected chi connectivity index (χ3v) is 4.39. The van der Waals surface area contributed by atoms with Gasteiger partial charge in [-0.05, 0) is 50.6 Å². The molecule has 0 radical (unpaired) electrons. The van der Waals surface area contributed by atoms with E-state index >= 15 is 0 Å². The average molecular weight is 282 g/mol. The number of sulfone groups is 1. The normalized spacial score (nSPS) is 19.1. The molecule has 1 fully saturated rings.